The van der Waals surface area contributed by atoms with Gasteiger partial charge in [0.2, 0.25) is 0 Å². The van der Waals surface area contributed by atoms with Crippen LogP contribution in [0.15, 0.2) is 0 Å². The zero-order chi connectivity index (χ0) is 10.4. The third-order valence-electron chi connectivity index (χ3n) is 2.61. The molecule has 1 fully saturated rings. The van der Waals surface area contributed by atoms with Gasteiger partial charge in [-0.1, -0.05) is 13.3 Å². The third kappa shape index (κ3) is 3.64. The Labute approximate surface area is 85.4 Å². The Bertz CT molecular complexity index is 177. The fourth-order valence-corrected chi connectivity index (χ4v) is 1.57. The normalized spacial score (nSPS) is 19.6. The number of carbonyl (C=O) groups excluding carboxylic acids is 1. The largest absolute Gasteiger partial charge is 0.465 e. The van der Waals surface area contributed by atoms with Gasteiger partial charge in [-0.2, -0.15) is 0 Å². The highest BCUT2D eigenvalue weighted by Crippen LogP contribution is 2.16. The first-order valence-corrected chi connectivity index (χ1v) is 5.40. The van der Waals surface area contributed by atoms with E-state index in [0.29, 0.717) is 6.61 Å². The van der Waals surface area contributed by atoms with Crippen LogP contribution >= 0.6 is 0 Å². The molecule has 0 aromatic carbocycles. The quantitative estimate of drug-likeness (QED) is 0.416. The van der Waals surface area contributed by atoms with Crippen molar-refractivity contribution in [3.63, 3.8) is 0 Å². The van der Waals surface area contributed by atoms with E-state index in [4.69, 9.17) is 10.6 Å². The molecule has 0 amide bonds. The summed E-state index contributed by atoms with van der Waals surface area (Å²) in [4.78, 5) is 11.5. The molecule has 0 spiro atoms. The van der Waals surface area contributed by atoms with E-state index in [9.17, 15) is 4.79 Å². The van der Waals surface area contributed by atoms with Crippen LogP contribution in [0, 0.1) is 5.92 Å². The molecular formula is C10H20N2O2. The molecule has 0 bridgehead atoms. The van der Waals surface area contributed by atoms with E-state index >= 15 is 0 Å². The number of carbonyl (C=O) groups is 1. The average Bonchev–Trinajstić information content (AvgIpc) is 2.19. The molecule has 0 radical (unpaired) electrons. The van der Waals surface area contributed by atoms with Gasteiger partial charge in [-0.3, -0.25) is 10.6 Å². The number of ether oxygens (including phenoxy) is 1. The molecule has 1 saturated heterocycles. The first-order valence-electron chi connectivity index (χ1n) is 5.40. The van der Waals surface area contributed by atoms with Crippen molar-refractivity contribution in [1.82, 2.24) is 5.01 Å². The van der Waals surface area contributed by atoms with Crippen LogP contribution in [-0.2, 0) is 9.53 Å². The monoisotopic (exact) mass is 200 g/mol. The van der Waals surface area contributed by atoms with E-state index < -0.39 is 0 Å². The summed E-state index contributed by atoms with van der Waals surface area (Å²) in [6.45, 7) is 4.25. The third-order valence-corrected chi connectivity index (χ3v) is 2.61. The molecule has 2 N–H and O–H groups in total. The summed E-state index contributed by atoms with van der Waals surface area (Å²) in [5.74, 6) is 5.64. The van der Waals surface area contributed by atoms with Gasteiger partial charge in [0.25, 0.3) is 0 Å². The maximum atomic E-state index is 11.5. The van der Waals surface area contributed by atoms with E-state index in [1.165, 1.54) is 0 Å². The van der Waals surface area contributed by atoms with Crippen LogP contribution in [0.3, 0.4) is 0 Å². The number of unbranched alkanes of at least 4 members (excludes halogenated alkanes) is 1. The van der Waals surface area contributed by atoms with Crippen LogP contribution in [0.4, 0.5) is 0 Å². The Morgan fingerprint density at radius 1 is 1.50 bits per heavy atom. The number of nitrogens with two attached hydrogens (primary N) is 1. The molecule has 0 atom stereocenters. The second kappa shape index (κ2) is 5.98. The molecule has 1 rings (SSSR count). The van der Waals surface area contributed by atoms with Gasteiger partial charge < -0.3 is 4.74 Å². The van der Waals surface area contributed by atoms with Crippen LogP contribution in [0.2, 0.25) is 0 Å². The van der Waals surface area contributed by atoms with Gasteiger partial charge in [0.1, 0.15) is 0 Å². The van der Waals surface area contributed by atoms with Crippen molar-refractivity contribution in [2.45, 2.75) is 32.6 Å². The Morgan fingerprint density at radius 3 is 2.71 bits per heavy atom. The minimum absolute atomic E-state index is 0.0356. The topological polar surface area (TPSA) is 55.6 Å². The van der Waals surface area contributed by atoms with Crippen molar-refractivity contribution in [3.05, 3.63) is 0 Å². The number of hydrazine groups is 1. The molecule has 82 valence electrons. The summed E-state index contributed by atoms with van der Waals surface area (Å²) in [6.07, 6.45) is 3.69. The second-order valence-electron chi connectivity index (χ2n) is 3.83. The zero-order valence-corrected chi connectivity index (χ0v) is 8.87. The molecule has 4 heteroatoms. The molecule has 1 aliphatic rings. The maximum Gasteiger partial charge on any atom is 0.309 e. The van der Waals surface area contributed by atoms with Crippen LogP contribution in [0.1, 0.15) is 32.6 Å². The van der Waals surface area contributed by atoms with Crippen molar-refractivity contribution in [2.24, 2.45) is 11.8 Å². The Hall–Kier alpha value is -0.610. The minimum Gasteiger partial charge on any atom is -0.465 e. The predicted molar refractivity (Wildman–Crippen MR) is 54.4 cm³/mol. The Balaban J connectivity index is 2.17. The standard InChI is InChI=1S/C10H20N2O2/c1-2-3-8-14-10(13)9-4-6-12(11)7-5-9/h9H,2-8,11H2,1H3. The van der Waals surface area contributed by atoms with E-state index in [0.717, 1.165) is 38.8 Å². The molecule has 1 heterocycles. The van der Waals surface area contributed by atoms with Crippen LogP contribution in [-0.4, -0.2) is 30.7 Å². The van der Waals surface area contributed by atoms with E-state index in [-0.39, 0.29) is 11.9 Å². The summed E-state index contributed by atoms with van der Waals surface area (Å²) in [7, 11) is 0. The van der Waals surface area contributed by atoms with Gasteiger partial charge >= 0.3 is 5.97 Å². The molecule has 0 unspecified atom stereocenters. The highest BCUT2D eigenvalue weighted by molar-refractivity contribution is 5.72. The molecule has 14 heavy (non-hydrogen) atoms. The molecule has 0 aliphatic carbocycles. The highest BCUT2D eigenvalue weighted by atomic mass is 16.5. The van der Waals surface area contributed by atoms with Gasteiger partial charge in [-0.05, 0) is 19.3 Å². The first-order chi connectivity index (χ1) is 6.74. The summed E-state index contributed by atoms with van der Waals surface area (Å²) in [5.41, 5.74) is 0. The molecule has 4 nitrogen and oxygen atoms in total. The smallest absolute Gasteiger partial charge is 0.309 e. The lowest BCUT2D eigenvalue weighted by Gasteiger charge is -2.26. The lowest BCUT2D eigenvalue weighted by molar-refractivity contribution is -0.150. The second-order valence-corrected chi connectivity index (χ2v) is 3.83. The van der Waals surface area contributed by atoms with Crippen molar-refractivity contribution >= 4 is 5.97 Å². The fourth-order valence-electron chi connectivity index (χ4n) is 1.57. The van der Waals surface area contributed by atoms with Crippen LogP contribution < -0.4 is 5.84 Å². The van der Waals surface area contributed by atoms with Crippen LogP contribution in [0.5, 0.6) is 0 Å². The minimum atomic E-state index is -0.0356. The van der Waals surface area contributed by atoms with Gasteiger partial charge in [-0.15, -0.1) is 0 Å². The van der Waals surface area contributed by atoms with Crippen LogP contribution in [0.25, 0.3) is 0 Å². The van der Waals surface area contributed by atoms with Gasteiger partial charge in [0.05, 0.1) is 12.5 Å². The fraction of sp³-hybridized carbons (Fsp3) is 0.900. The summed E-state index contributed by atoms with van der Waals surface area (Å²) in [5, 5.41) is 1.76. The molecule has 0 aromatic rings. The van der Waals surface area contributed by atoms with E-state index in [1.54, 1.807) is 5.01 Å². The zero-order valence-electron chi connectivity index (χ0n) is 8.87. The lowest BCUT2D eigenvalue weighted by Crippen LogP contribution is -2.41. The lowest BCUT2D eigenvalue weighted by atomic mass is 9.98. The van der Waals surface area contributed by atoms with Crippen molar-refractivity contribution in [1.29, 1.82) is 0 Å². The SMILES string of the molecule is CCCCOC(=O)C1CCN(N)CC1. The number of rotatable bonds is 4. The molecular weight excluding hydrogens is 180 g/mol. The molecule has 1 aliphatic heterocycles. The number of esters is 1. The Morgan fingerprint density at radius 2 is 2.14 bits per heavy atom. The maximum absolute atomic E-state index is 11.5. The summed E-state index contributed by atoms with van der Waals surface area (Å²) < 4.78 is 5.16. The van der Waals surface area contributed by atoms with E-state index in [1.807, 2.05) is 0 Å². The van der Waals surface area contributed by atoms with Crippen molar-refractivity contribution in [2.75, 3.05) is 19.7 Å². The molecule has 0 saturated carbocycles. The highest BCUT2D eigenvalue weighted by Gasteiger charge is 2.24. The van der Waals surface area contributed by atoms with E-state index in [2.05, 4.69) is 6.92 Å². The average molecular weight is 200 g/mol. The summed E-state index contributed by atoms with van der Waals surface area (Å²) in [6, 6.07) is 0. The Kier molecular flexibility index (Phi) is 4.90. The predicted octanol–water partition coefficient (Wildman–Crippen LogP) is 0.915. The van der Waals surface area contributed by atoms with Gasteiger partial charge in [0.15, 0.2) is 0 Å². The van der Waals surface area contributed by atoms with Crippen molar-refractivity contribution < 1.29 is 9.53 Å². The van der Waals surface area contributed by atoms with Gasteiger partial charge in [-0.25, -0.2) is 5.01 Å². The van der Waals surface area contributed by atoms with Crippen molar-refractivity contribution in [3.8, 4) is 0 Å². The van der Waals surface area contributed by atoms with Gasteiger partial charge in [0, 0.05) is 13.1 Å². The number of hydrogen-bond donors (Lipinski definition) is 1. The summed E-state index contributed by atoms with van der Waals surface area (Å²) >= 11 is 0. The number of nitrogens with zero attached hydrogens (tertiary/aromatic N) is 1. The number of piperidine rings is 1. The molecule has 0 aromatic heterocycles. The first kappa shape index (κ1) is 11.5. The number of hydrogen-bond acceptors (Lipinski definition) is 4.